The molecule has 0 spiro atoms. The van der Waals surface area contributed by atoms with Crippen LogP contribution in [0.4, 0.5) is 24.5 Å². The minimum absolute atomic E-state index is 0.0856. The van der Waals surface area contributed by atoms with Gasteiger partial charge < -0.3 is 9.80 Å². The van der Waals surface area contributed by atoms with Gasteiger partial charge in [-0.3, -0.25) is 9.69 Å². The molecule has 2 heterocycles. The van der Waals surface area contributed by atoms with Crippen molar-refractivity contribution in [3.63, 3.8) is 0 Å². The molecule has 0 bridgehead atoms. The number of carbonyl (C=O) groups excluding carboxylic acids is 1. The van der Waals surface area contributed by atoms with E-state index in [1.807, 2.05) is 34.9 Å². The van der Waals surface area contributed by atoms with E-state index in [1.54, 1.807) is 6.07 Å². The third-order valence-electron chi connectivity index (χ3n) is 5.91. The number of amides is 1. The van der Waals surface area contributed by atoms with Gasteiger partial charge in [0.15, 0.2) is 0 Å². The molecule has 0 unspecified atom stereocenters. The van der Waals surface area contributed by atoms with Crippen LogP contribution in [0.25, 0.3) is 0 Å². The number of hydrogen-bond donors (Lipinski definition) is 0. The van der Waals surface area contributed by atoms with Gasteiger partial charge in [0.2, 0.25) is 5.91 Å². The van der Waals surface area contributed by atoms with Gasteiger partial charge in [-0.25, -0.2) is 0 Å². The van der Waals surface area contributed by atoms with E-state index in [4.69, 9.17) is 0 Å². The number of benzene rings is 2. The maximum absolute atomic E-state index is 13.1. The van der Waals surface area contributed by atoms with Crippen LogP contribution in [0.2, 0.25) is 0 Å². The molecule has 1 saturated heterocycles. The van der Waals surface area contributed by atoms with Crippen molar-refractivity contribution in [2.45, 2.75) is 25.6 Å². The molecular weight excluding hydrogens is 379 g/mol. The van der Waals surface area contributed by atoms with Gasteiger partial charge in [-0.2, -0.15) is 13.2 Å². The molecule has 29 heavy (non-hydrogen) atoms. The van der Waals surface area contributed by atoms with E-state index in [2.05, 4.69) is 11.0 Å². The molecule has 4 rings (SSSR count). The van der Waals surface area contributed by atoms with E-state index >= 15 is 0 Å². The molecule has 0 aliphatic carbocycles. The summed E-state index contributed by atoms with van der Waals surface area (Å²) in [6, 6.07) is 13.2. The van der Waals surface area contributed by atoms with E-state index in [9.17, 15) is 18.0 Å². The first-order chi connectivity index (χ1) is 13.8. The summed E-state index contributed by atoms with van der Waals surface area (Å²) in [5.74, 6) is 0.0856. The zero-order valence-corrected chi connectivity index (χ0v) is 16.3. The van der Waals surface area contributed by atoms with Crippen molar-refractivity contribution in [3.8, 4) is 0 Å². The van der Waals surface area contributed by atoms with Crippen molar-refractivity contribution in [2.75, 3.05) is 42.5 Å². The Bertz CT molecular complexity index is 891. The molecule has 1 fully saturated rings. The lowest BCUT2D eigenvalue weighted by molar-refractivity contribution is -0.137. The molecule has 7 heteroatoms. The molecule has 0 saturated carbocycles. The van der Waals surface area contributed by atoms with Crippen molar-refractivity contribution in [1.82, 2.24) is 4.90 Å². The number of piperazine rings is 1. The Balaban J connectivity index is 1.39. The van der Waals surface area contributed by atoms with Crippen LogP contribution in [0.3, 0.4) is 0 Å². The highest BCUT2D eigenvalue weighted by Gasteiger charge is 2.33. The van der Waals surface area contributed by atoms with Crippen LogP contribution in [0.5, 0.6) is 0 Å². The number of carbonyl (C=O) groups is 1. The first-order valence-corrected chi connectivity index (χ1v) is 9.90. The zero-order chi connectivity index (χ0) is 20.6. The second-order valence-electron chi connectivity index (χ2n) is 7.62. The highest BCUT2D eigenvalue weighted by atomic mass is 19.4. The van der Waals surface area contributed by atoms with Crippen LogP contribution in [0.15, 0.2) is 48.5 Å². The number of halogens is 3. The van der Waals surface area contributed by atoms with Crippen LogP contribution in [0.1, 0.15) is 18.1 Å². The molecule has 0 N–H and O–H groups in total. The Kier molecular flexibility index (Phi) is 5.25. The standard InChI is InChI=1S/C22H24F3N3O/c1-16(21(29)28-10-9-17-5-2-3-8-20(17)28)26-11-13-27(14-12-26)19-7-4-6-18(15-19)22(23,24)25/h2-8,15-16H,9-14H2,1H3/t16-/m1/s1. The fraction of sp³-hybridized carbons (Fsp3) is 0.409. The second-order valence-corrected chi connectivity index (χ2v) is 7.62. The predicted molar refractivity (Wildman–Crippen MR) is 107 cm³/mol. The van der Waals surface area contributed by atoms with E-state index in [0.717, 1.165) is 18.2 Å². The second kappa shape index (κ2) is 7.71. The first-order valence-electron chi connectivity index (χ1n) is 9.90. The van der Waals surface area contributed by atoms with Gasteiger partial charge in [-0.15, -0.1) is 0 Å². The van der Waals surface area contributed by atoms with Gasteiger partial charge in [0.05, 0.1) is 11.6 Å². The lowest BCUT2D eigenvalue weighted by Crippen LogP contribution is -2.54. The molecule has 4 nitrogen and oxygen atoms in total. The van der Waals surface area contributed by atoms with Gasteiger partial charge in [0.1, 0.15) is 0 Å². The van der Waals surface area contributed by atoms with Crippen molar-refractivity contribution >= 4 is 17.3 Å². The van der Waals surface area contributed by atoms with Crippen molar-refractivity contribution < 1.29 is 18.0 Å². The Morgan fingerprint density at radius 2 is 1.69 bits per heavy atom. The molecule has 1 amide bonds. The number of nitrogens with zero attached hydrogens (tertiary/aromatic N) is 3. The van der Waals surface area contributed by atoms with Crippen molar-refractivity contribution in [2.24, 2.45) is 0 Å². The maximum Gasteiger partial charge on any atom is 0.416 e. The van der Waals surface area contributed by atoms with Crippen molar-refractivity contribution in [1.29, 1.82) is 0 Å². The van der Waals surface area contributed by atoms with Crippen LogP contribution in [-0.4, -0.2) is 49.6 Å². The highest BCUT2D eigenvalue weighted by Crippen LogP contribution is 2.32. The van der Waals surface area contributed by atoms with E-state index < -0.39 is 11.7 Å². The van der Waals surface area contributed by atoms with Crippen LogP contribution in [-0.2, 0) is 17.4 Å². The molecule has 0 radical (unpaired) electrons. The van der Waals surface area contributed by atoms with Gasteiger partial charge in [-0.05, 0) is 43.2 Å². The number of alkyl halides is 3. The van der Waals surface area contributed by atoms with E-state index in [1.165, 1.54) is 17.7 Å². The number of hydrogen-bond acceptors (Lipinski definition) is 3. The number of para-hydroxylation sites is 1. The summed E-state index contributed by atoms with van der Waals surface area (Å²) in [7, 11) is 0. The Morgan fingerprint density at radius 3 is 2.41 bits per heavy atom. The summed E-state index contributed by atoms with van der Waals surface area (Å²) in [4.78, 5) is 19.0. The van der Waals surface area contributed by atoms with Crippen LogP contribution in [0, 0.1) is 0 Å². The average Bonchev–Trinajstić information content (AvgIpc) is 3.16. The number of anilines is 2. The molecule has 2 aliphatic heterocycles. The quantitative estimate of drug-likeness (QED) is 0.780. The van der Waals surface area contributed by atoms with Gasteiger partial charge in [0, 0.05) is 44.1 Å². The summed E-state index contributed by atoms with van der Waals surface area (Å²) in [5.41, 5.74) is 2.13. The SMILES string of the molecule is C[C@H](C(=O)N1CCc2ccccc21)N1CCN(c2cccc(C(F)(F)F)c2)CC1. The normalized spacial score (nSPS) is 18.6. The molecule has 2 aromatic carbocycles. The zero-order valence-electron chi connectivity index (χ0n) is 16.3. The molecular formula is C22H24F3N3O. The lowest BCUT2D eigenvalue weighted by atomic mass is 10.1. The van der Waals surface area contributed by atoms with Gasteiger partial charge in [-0.1, -0.05) is 24.3 Å². The lowest BCUT2D eigenvalue weighted by Gasteiger charge is -2.39. The Morgan fingerprint density at radius 1 is 0.966 bits per heavy atom. The summed E-state index contributed by atoms with van der Waals surface area (Å²) < 4.78 is 38.9. The smallest absolute Gasteiger partial charge is 0.369 e. The fourth-order valence-corrected chi connectivity index (χ4v) is 4.20. The van der Waals surface area contributed by atoms with Gasteiger partial charge >= 0.3 is 6.18 Å². The van der Waals surface area contributed by atoms with E-state index in [0.29, 0.717) is 38.4 Å². The summed E-state index contributed by atoms with van der Waals surface area (Å²) in [6.07, 6.45) is -3.47. The summed E-state index contributed by atoms with van der Waals surface area (Å²) in [5, 5.41) is 0. The van der Waals surface area contributed by atoms with Crippen LogP contribution >= 0.6 is 0 Å². The molecule has 2 aromatic rings. The largest absolute Gasteiger partial charge is 0.416 e. The summed E-state index contributed by atoms with van der Waals surface area (Å²) >= 11 is 0. The minimum Gasteiger partial charge on any atom is -0.369 e. The maximum atomic E-state index is 13.1. The Labute approximate surface area is 168 Å². The number of fused-ring (bicyclic) bond motifs is 1. The third-order valence-corrected chi connectivity index (χ3v) is 5.91. The molecule has 0 aromatic heterocycles. The molecule has 1 atom stereocenters. The van der Waals surface area contributed by atoms with Crippen molar-refractivity contribution in [3.05, 3.63) is 59.7 Å². The monoisotopic (exact) mass is 403 g/mol. The molecule has 2 aliphatic rings. The third kappa shape index (κ3) is 3.96. The summed E-state index contributed by atoms with van der Waals surface area (Å²) in [6.45, 7) is 5.08. The minimum atomic E-state index is -4.34. The fourth-order valence-electron chi connectivity index (χ4n) is 4.20. The first kappa shape index (κ1) is 19.8. The molecule has 154 valence electrons. The van der Waals surface area contributed by atoms with Crippen LogP contribution < -0.4 is 9.80 Å². The topological polar surface area (TPSA) is 26.8 Å². The average molecular weight is 403 g/mol. The van der Waals surface area contributed by atoms with Gasteiger partial charge in [0.25, 0.3) is 0 Å². The Hall–Kier alpha value is -2.54. The predicted octanol–water partition coefficient (Wildman–Crippen LogP) is 3.81. The van der Waals surface area contributed by atoms with E-state index in [-0.39, 0.29) is 11.9 Å². The number of rotatable bonds is 3. The highest BCUT2D eigenvalue weighted by molar-refractivity contribution is 5.98.